The summed E-state index contributed by atoms with van der Waals surface area (Å²) in [6.07, 6.45) is -1.40. The summed E-state index contributed by atoms with van der Waals surface area (Å²) in [6, 6.07) is 0. The van der Waals surface area contributed by atoms with Crippen molar-refractivity contribution in [2.75, 3.05) is 0 Å². The van der Waals surface area contributed by atoms with E-state index in [-0.39, 0.29) is 0 Å². The Morgan fingerprint density at radius 2 is 1.07 bits per heavy atom. The average Bonchev–Trinajstić information content (AvgIpc) is 1.76. The lowest BCUT2D eigenvalue weighted by Crippen LogP contribution is -2.27. The van der Waals surface area contributed by atoms with Gasteiger partial charge in [0.2, 0.25) is 0 Å². The smallest absolute Gasteiger partial charge is 0.303 e. The molecule has 0 heterocycles. The van der Waals surface area contributed by atoms with E-state index in [0.717, 1.165) is 0 Å². The van der Waals surface area contributed by atoms with Crippen molar-refractivity contribution in [1.82, 2.24) is 0 Å². The third-order valence-corrected chi connectivity index (χ3v) is 1.73. The monoisotopic (exact) mass is 204 g/mol. The van der Waals surface area contributed by atoms with E-state index in [4.69, 9.17) is 15.3 Å². The van der Waals surface area contributed by atoms with Gasteiger partial charge in [-0.2, -0.15) is 0 Å². The van der Waals surface area contributed by atoms with Gasteiger partial charge in [0.1, 0.15) is 0 Å². The first-order valence-corrected chi connectivity index (χ1v) is 3.90. The Morgan fingerprint density at radius 3 is 1.21 bits per heavy atom. The molecule has 0 atom stereocenters. The summed E-state index contributed by atoms with van der Waals surface area (Å²) < 4.78 is 0. The summed E-state index contributed by atoms with van der Waals surface area (Å²) in [5, 5.41) is 25.5. The Labute approximate surface area is 80.2 Å². The van der Waals surface area contributed by atoms with Crippen LogP contribution in [0.25, 0.3) is 0 Å². The number of carboxylic acids is 3. The number of hydrogen-bond donors (Lipinski definition) is 3. The van der Waals surface area contributed by atoms with Crippen molar-refractivity contribution in [3.05, 3.63) is 0 Å². The zero-order valence-corrected chi connectivity index (χ0v) is 7.69. The fourth-order valence-corrected chi connectivity index (χ4v) is 1.28. The number of carboxylic acid groups (broad SMARTS) is 3. The molecule has 0 aliphatic heterocycles. The number of carbonyl (C=O) groups is 3. The molecule has 0 spiro atoms. The van der Waals surface area contributed by atoms with Gasteiger partial charge in [-0.15, -0.1) is 0 Å². The number of hydrogen-bond acceptors (Lipinski definition) is 3. The normalized spacial score (nSPS) is 10.9. The van der Waals surface area contributed by atoms with Gasteiger partial charge < -0.3 is 15.3 Å². The van der Waals surface area contributed by atoms with Crippen LogP contribution in [-0.4, -0.2) is 33.2 Å². The highest BCUT2D eigenvalue weighted by atomic mass is 16.4. The molecule has 0 aromatic rings. The topological polar surface area (TPSA) is 112 Å². The van der Waals surface area contributed by atoms with Crippen LogP contribution in [0.5, 0.6) is 0 Å². The molecule has 0 aliphatic rings. The molecule has 0 amide bonds. The van der Waals surface area contributed by atoms with Crippen LogP contribution in [0.15, 0.2) is 0 Å². The van der Waals surface area contributed by atoms with Crippen molar-refractivity contribution >= 4 is 17.9 Å². The quantitative estimate of drug-likeness (QED) is 0.577. The summed E-state index contributed by atoms with van der Waals surface area (Å²) in [6.45, 7) is 1.34. The minimum Gasteiger partial charge on any atom is -0.481 e. The van der Waals surface area contributed by atoms with Crippen molar-refractivity contribution in [2.24, 2.45) is 5.41 Å². The lowest BCUT2D eigenvalue weighted by molar-refractivity contribution is -0.146. The third-order valence-electron chi connectivity index (χ3n) is 1.73. The molecule has 0 saturated heterocycles. The minimum atomic E-state index is -1.23. The van der Waals surface area contributed by atoms with Gasteiger partial charge in [-0.1, -0.05) is 6.92 Å². The maximum atomic E-state index is 10.4. The highest BCUT2D eigenvalue weighted by Gasteiger charge is 2.32. The molecule has 0 rings (SSSR count). The average molecular weight is 204 g/mol. The first kappa shape index (κ1) is 12.4. The Kier molecular flexibility index (Phi) is 4.07. The third kappa shape index (κ3) is 5.13. The minimum absolute atomic E-state index is 0.467. The van der Waals surface area contributed by atoms with Gasteiger partial charge in [0.25, 0.3) is 0 Å². The maximum Gasteiger partial charge on any atom is 0.303 e. The maximum absolute atomic E-state index is 10.4. The Hall–Kier alpha value is -1.59. The van der Waals surface area contributed by atoms with E-state index in [1.807, 2.05) is 0 Å². The molecule has 0 aromatic carbocycles. The molecule has 0 aliphatic carbocycles. The summed E-state index contributed by atoms with van der Waals surface area (Å²) in [7, 11) is 0. The number of aliphatic carboxylic acids is 3. The van der Waals surface area contributed by atoms with Crippen molar-refractivity contribution in [1.29, 1.82) is 0 Å². The van der Waals surface area contributed by atoms with E-state index in [1.165, 1.54) is 6.92 Å². The molecule has 6 nitrogen and oxygen atoms in total. The predicted molar refractivity (Wildman–Crippen MR) is 44.9 cm³/mol. The Balaban J connectivity index is 4.56. The summed E-state index contributed by atoms with van der Waals surface area (Å²) in [5.41, 5.74) is -1.23. The molecule has 0 radical (unpaired) electrons. The second-order valence-corrected chi connectivity index (χ2v) is 3.52. The fraction of sp³-hybridized carbons (Fsp3) is 0.625. The van der Waals surface area contributed by atoms with Gasteiger partial charge in [-0.05, 0) is 5.41 Å². The highest BCUT2D eigenvalue weighted by Crippen LogP contribution is 2.30. The van der Waals surface area contributed by atoms with Gasteiger partial charge in [0.05, 0.1) is 19.3 Å². The second-order valence-electron chi connectivity index (χ2n) is 3.52. The molecule has 0 saturated carbocycles. The van der Waals surface area contributed by atoms with E-state index in [9.17, 15) is 14.4 Å². The van der Waals surface area contributed by atoms with Crippen LogP contribution >= 0.6 is 0 Å². The zero-order valence-electron chi connectivity index (χ0n) is 7.69. The molecule has 0 bridgehead atoms. The molecule has 0 aromatic heterocycles. The summed E-state index contributed by atoms with van der Waals surface area (Å²) >= 11 is 0. The molecule has 80 valence electrons. The first-order valence-electron chi connectivity index (χ1n) is 3.90. The molecular weight excluding hydrogens is 192 g/mol. The Morgan fingerprint density at radius 1 is 0.857 bits per heavy atom. The Bertz CT molecular complexity index is 216. The van der Waals surface area contributed by atoms with Gasteiger partial charge in [-0.25, -0.2) is 0 Å². The molecule has 0 unspecified atom stereocenters. The molecule has 0 fully saturated rings. The summed E-state index contributed by atoms with van der Waals surface area (Å²) in [4.78, 5) is 31.2. The molecule has 14 heavy (non-hydrogen) atoms. The van der Waals surface area contributed by atoms with E-state index < -0.39 is 42.6 Å². The SMILES string of the molecule is CC(CC(=O)O)(CC(=O)O)CC(=O)O. The van der Waals surface area contributed by atoms with Crippen LogP contribution in [0.1, 0.15) is 26.2 Å². The second kappa shape index (κ2) is 4.59. The predicted octanol–water partition coefficient (Wildman–Crippen LogP) is 0.417. The molecular formula is C8H12O6. The van der Waals surface area contributed by atoms with Gasteiger partial charge >= 0.3 is 17.9 Å². The zero-order chi connectivity index (χ0) is 11.4. The van der Waals surface area contributed by atoms with E-state index in [0.29, 0.717) is 0 Å². The van der Waals surface area contributed by atoms with Crippen molar-refractivity contribution < 1.29 is 29.7 Å². The van der Waals surface area contributed by atoms with Crippen molar-refractivity contribution in [2.45, 2.75) is 26.2 Å². The highest BCUT2D eigenvalue weighted by molar-refractivity contribution is 5.75. The van der Waals surface area contributed by atoms with Crippen LogP contribution in [-0.2, 0) is 14.4 Å². The standard InChI is InChI=1S/C8H12O6/c1-8(2-5(9)10,3-6(11)12)4-7(13)14/h2-4H2,1H3,(H,9,10)(H,11,12)(H,13,14). The lowest BCUT2D eigenvalue weighted by atomic mass is 9.80. The largest absolute Gasteiger partial charge is 0.481 e. The van der Waals surface area contributed by atoms with Crippen molar-refractivity contribution in [3.63, 3.8) is 0 Å². The summed E-state index contributed by atoms with van der Waals surface area (Å²) in [5.74, 6) is -3.60. The van der Waals surface area contributed by atoms with Crippen LogP contribution in [0.4, 0.5) is 0 Å². The lowest BCUT2D eigenvalue weighted by Gasteiger charge is -2.23. The van der Waals surface area contributed by atoms with Gasteiger partial charge in [0.15, 0.2) is 0 Å². The van der Waals surface area contributed by atoms with Crippen LogP contribution < -0.4 is 0 Å². The van der Waals surface area contributed by atoms with Crippen molar-refractivity contribution in [3.8, 4) is 0 Å². The van der Waals surface area contributed by atoms with Gasteiger partial charge in [-0.3, -0.25) is 14.4 Å². The van der Waals surface area contributed by atoms with Crippen LogP contribution in [0.3, 0.4) is 0 Å². The van der Waals surface area contributed by atoms with E-state index in [2.05, 4.69) is 0 Å². The van der Waals surface area contributed by atoms with Crippen LogP contribution in [0, 0.1) is 5.41 Å². The van der Waals surface area contributed by atoms with E-state index >= 15 is 0 Å². The number of rotatable bonds is 6. The first-order chi connectivity index (χ1) is 6.25. The van der Waals surface area contributed by atoms with Crippen LogP contribution in [0.2, 0.25) is 0 Å². The molecule has 3 N–H and O–H groups in total. The van der Waals surface area contributed by atoms with E-state index in [1.54, 1.807) is 0 Å². The molecule has 6 heteroatoms. The fourth-order valence-electron chi connectivity index (χ4n) is 1.28. The van der Waals surface area contributed by atoms with Gasteiger partial charge in [0, 0.05) is 0 Å².